The van der Waals surface area contributed by atoms with Gasteiger partial charge in [-0.25, -0.2) is 4.39 Å². The molecular formula is C21H23FN4OS. The number of piperidine rings is 1. The first kappa shape index (κ1) is 18.9. The molecule has 1 amide bonds. The summed E-state index contributed by atoms with van der Waals surface area (Å²) in [5.74, 6) is 0.0187. The largest absolute Gasteiger partial charge is 0.339 e. The van der Waals surface area contributed by atoms with Crippen LogP contribution in [0.25, 0.3) is 21.3 Å². The van der Waals surface area contributed by atoms with Gasteiger partial charge in [-0.1, -0.05) is 36.8 Å². The Morgan fingerprint density at radius 1 is 1.29 bits per heavy atom. The summed E-state index contributed by atoms with van der Waals surface area (Å²) >= 11 is 1.55. The minimum atomic E-state index is -0.926. The number of nitrogens with zero attached hydrogens (tertiary/aromatic N) is 4. The van der Waals surface area contributed by atoms with Crippen LogP contribution in [-0.2, 0) is 11.2 Å². The van der Waals surface area contributed by atoms with Crippen molar-refractivity contribution < 1.29 is 9.18 Å². The quantitative estimate of drug-likeness (QED) is 0.661. The van der Waals surface area contributed by atoms with Crippen molar-refractivity contribution in [3.8, 4) is 10.6 Å². The van der Waals surface area contributed by atoms with Crippen molar-refractivity contribution in [3.05, 3.63) is 41.2 Å². The number of alkyl halides is 1. The third-order valence-corrected chi connectivity index (χ3v) is 6.32. The molecule has 1 saturated heterocycles. The van der Waals surface area contributed by atoms with E-state index in [1.54, 1.807) is 22.4 Å². The van der Waals surface area contributed by atoms with Gasteiger partial charge in [0.2, 0.25) is 5.91 Å². The maximum atomic E-state index is 14.2. The Morgan fingerprint density at radius 2 is 2.14 bits per heavy atom. The second-order valence-corrected chi connectivity index (χ2v) is 8.53. The Hall–Kier alpha value is -2.41. The molecule has 7 heteroatoms. The number of rotatable bonds is 4. The van der Waals surface area contributed by atoms with Crippen molar-refractivity contribution in [1.29, 1.82) is 0 Å². The van der Waals surface area contributed by atoms with Gasteiger partial charge in [0.1, 0.15) is 16.2 Å². The van der Waals surface area contributed by atoms with Crippen molar-refractivity contribution in [1.82, 2.24) is 20.1 Å². The number of carbonyl (C=O) groups is 1. The zero-order chi connectivity index (χ0) is 19.7. The molecule has 4 rings (SSSR count). The van der Waals surface area contributed by atoms with E-state index in [1.807, 2.05) is 32.0 Å². The van der Waals surface area contributed by atoms with Gasteiger partial charge in [0, 0.05) is 23.7 Å². The average Bonchev–Trinajstić information content (AvgIpc) is 3.13. The lowest BCUT2D eigenvalue weighted by Gasteiger charge is -2.34. The number of hydrogen-bond donors (Lipinski definition) is 0. The Morgan fingerprint density at radius 3 is 2.86 bits per heavy atom. The van der Waals surface area contributed by atoms with E-state index in [9.17, 15) is 9.18 Å². The number of benzene rings is 1. The maximum Gasteiger partial charge on any atom is 0.228 e. The molecule has 1 aliphatic heterocycles. The molecule has 3 aromatic rings. The molecule has 1 aliphatic rings. The van der Waals surface area contributed by atoms with Crippen LogP contribution in [0, 0.1) is 12.8 Å². The normalized spacial score (nSPS) is 19.9. The third kappa shape index (κ3) is 3.90. The zero-order valence-corrected chi connectivity index (χ0v) is 16.9. The number of likely N-dealkylation sites (tertiary alicyclic amines) is 1. The molecule has 0 unspecified atom stereocenters. The molecule has 1 fully saturated rings. The number of aromatic nitrogens is 3. The number of aryl methyl sites for hydroxylation is 1. The third-order valence-electron chi connectivity index (χ3n) is 5.44. The molecule has 0 N–H and O–H groups in total. The van der Waals surface area contributed by atoms with E-state index in [1.165, 1.54) is 0 Å². The summed E-state index contributed by atoms with van der Waals surface area (Å²) < 4.78 is 14.2. The van der Waals surface area contributed by atoms with Crippen molar-refractivity contribution in [2.75, 3.05) is 13.1 Å². The van der Waals surface area contributed by atoms with Gasteiger partial charge in [-0.15, -0.1) is 10.2 Å². The average molecular weight is 399 g/mol. The molecule has 1 aromatic carbocycles. The molecule has 0 bridgehead atoms. The standard InChI is InChI=1S/C21H23FN4OS/c1-3-14-6-7-26(12-19(14)22)20(27)10-18-9-17-8-15(4-5-16(17)11-23-18)21-25-24-13(2)28-21/h4-5,8-9,11,14,19H,3,6-7,10,12H2,1-2H3/t14-,19-/m1/s1. The molecule has 0 radical (unpaired) electrons. The Labute approximate surface area is 167 Å². The van der Waals surface area contributed by atoms with E-state index < -0.39 is 6.17 Å². The summed E-state index contributed by atoms with van der Waals surface area (Å²) in [6.07, 6.45) is 2.62. The number of amides is 1. The minimum Gasteiger partial charge on any atom is -0.339 e. The van der Waals surface area contributed by atoms with Gasteiger partial charge >= 0.3 is 0 Å². The number of halogens is 1. The van der Waals surface area contributed by atoms with E-state index in [-0.39, 0.29) is 24.8 Å². The van der Waals surface area contributed by atoms with Crippen LogP contribution >= 0.6 is 11.3 Å². The van der Waals surface area contributed by atoms with Gasteiger partial charge in [-0.05, 0) is 36.8 Å². The summed E-state index contributed by atoms with van der Waals surface area (Å²) in [6.45, 7) is 4.77. The van der Waals surface area contributed by atoms with Crippen molar-refractivity contribution in [3.63, 3.8) is 0 Å². The van der Waals surface area contributed by atoms with E-state index >= 15 is 0 Å². The Kier molecular flexibility index (Phi) is 5.35. The summed E-state index contributed by atoms with van der Waals surface area (Å²) in [7, 11) is 0. The van der Waals surface area contributed by atoms with Gasteiger partial charge in [-0.2, -0.15) is 0 Å². The Balaban J connectivity index is 1.51. The molecule has 3 heterocycles. The summed E-state index contributed by atoms with van der Waals surface area (Å²) in [6, 6.07) is 8.00. The molecular weight excluding hydrogens is 375 g/mol. The van der Waals surface area contributed by atoms with Gasteiger partial charge < -0.3 is 4.90 Å². The molecule has 28 heavy (non-hydrogen) atoms. The molecule has 146 valence electrons. The number of carbonyl (C=O) groups excluding carboxylic acids is 1. The van der Waals surface area contributed by atoms with E-state index in [0.717, 1.165) is 39.2 Å². The first-order valence-electron chi connectivity index (χ1n) is 9.64. The molecule has 2 aromatic heterocycles. The SMILES string of the molecule is CC[C@@H]1CCN(C(=O)Cc2cc3cc(-c4nnc(C)s4)ccc3cn2)C[C@H]1F. The minimum absolute atomic E-state index is 0.0556. The second-order valence-electron chi connectivity index (χ2n) is 7.35. The lowest BCUT2D eigenvalue weighted by molar-refractivity contribution is -0.133. The first-order chi connectivity index (χ1) is 13.5. The van der Waals surface area contributed by atoms with Gasteiger partial charge in [0.25, 0.3) is 0 Å². The van der Waals surface area contributed by atoms with Crippen LogP contribution in [0.5, 0.6) is 0 Å². The van der Waals surface area contributed by atoms with Gasteiger partial charge in [-0.3, -0.25) is 9.78 Å². The first-order valence-corrected chi connectivity index (χ1v) is 10.5. The van der Waals surface area contributed by atoms with E-state index in [4.69, 9.17) is 0 Å². The van der Waals surface area contributed by atoms with Crippen LogP contribution < -0.4 is 0 Å². The number of hydrogen-bond acceptors (Lipinski definition) is 5. The monoisotopic (exact) mass is 398 g/mol. The van der Waals surface area contributed by atoms with Crippen LogP contribution in [-0.4, -0.2) is 45.2 Å². The molecule has 5 nitrogen and oxygen atoms in total. The predicted molar refractivity (Wildman–Crippen MR) is 109 cm³/mol. The fourth-order valence-electron chi connectivity index (χ4n) is 3.74. The summed E-state index contributed by atoms with van der Waals surface area (Å²) in [5.41, 5.74) is 1.71. The van der Waals surface area contributed by atoms with Crippen molar-refractivity contribution in [2.24, 2.45) is 5.92 Å². The highest BCUT2D eigenvalue weighted by atomic mass is 32.1. The Bertz CT molecular complexity index is 1000. The van der Waals surface area contributed by atoms with Crippen LogP contribution in [0.2, 0.25) is 0 Å². The van der Waals surface area contributed by atoms with E-state index in [0.29, 0.717) is 12.2 Å². The zero-order valence-electron chi connectivity index (χ0n) is 16.1. The van der Waals surface area contributed by atoms with Crippen LogP contribution in [0.1, 0.15) is 30.5 Å². The molecule has 0 aliphatic carbocycles. The lowest BCUT2D eigenvalue weighted by Crippen LogP contribution is -2.45. The molecule has 2 atom stereocenters. The maximum absolute atomic E-state index is 14.2. The van der Waals surface area contributed by atoms with Crippen molar-refractivity contribution >= 4 is 28.0 Å². The number of pyridine rings is 1. The van der Waals surface area contributed by atoms with Crippen LogP contribution in [0.15, 0.2) is 30.5 Å². The van der Waals surface area contributed by atoms with Gasteiger partial charge in [0.05, 0.1) is 18.7 Å². The molecule has 0 saturated carbocycles. The highest BCUT2D eigenvalue weighted by Gasteiger charge is 2.30. The summed E-state index contributed by atoms with van der Waals surface area (Å²) in [4.78, 5) is 18.7. The highest BCUT2D eigenvalue weighted by Crippen LogP contribution is 2.27. The van der Waals surface area contributed by atoms with Crippen LogP contribution in [0.3, 0.4) is 0 Å². The predicted octanol–water partition coefficient (Wildman–Crippen LogP) is 4.20. The van der Waals surface area contributed by atoms with E-state index in [2.05, 4.69) is 21.2 Å². The topological polar surface area (TPSA) is 59.0 Å². The molecule has 0 spiro atoms. The summed E-state index contributed by atoms with van der Waals surface area (Å²) in [5, 5.41) is 12.1. The van der Waals surface area contributed by atoms with Crippen molar-refractivity contribution in [2.45, 2.75) is 39.3 Å². The highest BCUT2D eigenvalue weighted by molar-refractivity contribution is 7.14. The fourth-order valence-corrected chi connectivity index (χ4v) is 4.42. The fraction of sp³-hybridized carbons (Fsp3) is 0.429. The smallest absolute Gasteiger partial charge is 0.228 e. The second kappa shape index (κ2) is 7.91. The lowest BCUT2D eigenvalue weighted by atomic mass is 9.92. The van der Waals surface area contributed by atoms with Crippen LogP contribution in [0.4, 0.5) is 4.39 Å². The number of fused-ring (bicyclic) bond motifs is 1. The van der Waals surface area contributed by atoms with Gasteiger partial charge in [0.15, 0.2) is 0 Å².